The van der Waals surface area contributed by atoms with Crippen LogP contribution in [0.15, 0.2) is 48.8 Å². The van der Waals surface area contributed by atoms with E-state index in [1.807, 2.05) is 0 Å². The minimum Gasteiger partial charge on any atom is -0.457 e. The lowest BCUT2D eigenvalue weighted by Gasteiger charge is -2.27. The van der Waals surface area contributed by atoms with Crippen molar-refractivity contribution in [2.75, 3.05) is 11.4 Å². The van der Waals surface area contributed by atoms with E-state index < -0.39 is 0 Å². The average molecular weight is 439 g/mol. The lowest BCUT2D eigenvalue weighted by Crippen LogP contribution is -2.24. The van der Waals surface area contributed by atoms with Gasteiger partial charge in [0.15, 0.2) is 0 Å². The van der Waals surface area contributed by atoms with Crippen molar-refractivity contribution in [2.45, 2.75) is 18.9 Å². The molecular weight excluding hydrogens is 424 g/mol. The molecule has 1 unspecified atom stereocenters. The van der Waals surface area contributed by atoms with Crippen molar-refractivity contribution in [3.05, 3.63) is 75.4 Å². The van der Waals surface area contributed by atoms with Gasteiger partial charge in [0.1, 0.15) is 28.3 Å². The molecule has 1 atom stereocenters. The maximum Gasteiger partial charge on any atom is 0.149 e. The van der Waals surface area contributed by atoms with Gasteiger partial charge in [-0.2, -0.15) is 0 Å². The maximum atomic E-state index is 14.1. The summed E-state index contributed by atoms with van der Waals surface area (Å²) < 4.78 is 20.1. The fourth-order valence-electron chi connectivity index (χ4n) is 3.38. The molecule has 0 bridgehead atoms. The Morgan fingerprint density at radius 1 is 1.04 bits per heavy atom. The molecule has 0 radical (unpaired) electrons. The van der Waals surface area contributed by atoms with Crippen molar-refractivity contribution in [3.8, 4) is 11.5 Å². The monoisotopic (exact) mass is 437 g/mol. The van der Waals surface area contributed by atoms with Gasteiger partial charge in [-0.05, 0) is 43.2 Å². The summed E-state index contributed by atoms with van der Waals surface area (Å²) in [4.78, 5) is 10.5. The maximum absolute atomic E-state index is 14.1. The van der Waals surface area contributed by atoms with E-state index in [1.165, 1.54) is 18.3 Å². The van der Waals surface area contributed by atoms with E-state index in [1.54, 1.807) is 30.5 Å². The van der Waals surface area contributed by atoms with Crippen LogP contribution in [-0.2, 0) is 0 Å². The third-order valence-electron chi connectivity index (χ3n) is 4.59. The van der Waals surface area contributed by atoms with Gasteiger partial charge in [-0.1, -0.05) is 34.8 Å². The van der Waals surface area contributed by atoms with E-state index >= 15 is 0 Å². The van der Waals surface area contributed by atoms with Crippen LogP contribution in [0, 0.1) is 5.82 Å². The largest absolute Gasteiger partial charge is 0.457 e. The Morgan fingerprint density at radius 3 is 2.68 bits per heavy atom. The highest BCUT2D eigenvalue weighted by atomic mass is 35.5. The van der Waals surface area contributed by atoms with Gasteiger partial charge in [-0.25, -0.2) is 9.37 Å². The highest BCUT2D eigenvalue weighted by Gasteiger charge is 2.30. The third kappa shape index (κ3) is 4.02. The summed E-state index contributed by atoms with van der Waals surface area (Å²) in [6, 6.07) is 9.38. The molecule has 1 aromatic heterocycles. The van der Waals surface area contributed by atoms with E-state index in [9.17, 15) is 4.39 Å². The van der Waals surface area contributed by atoms with Gasteiger partial charge in [0, 0.05) is 18.2 Å². The van der Waals surface area contributed by atoms with E-state index in [0.29, 0.717) is 32.5 Å². The number of benzene rings is 2. The first-order chi connectivity index (χ1) is 13.5. The van der Waals surface area contributed by atoms with Crippen molar-refractivity contribution >= 4 is 40.6 Å². The first-order valence-electron chi connectivity index (χ1n) is 8.68. The Morgan fingerprint density at radius 2 is 1.89 bits per heavy atom. The number of nitrogens with zero attached hydrogens (tertiary/aromatic N) is 3. The summed E-state index contributed by atoms with van der Waals surface area (Å²) in [5, 5.41) is 1.14. The van der Waals surface area contributed by atoms with Crippen LogP contribution in [-0.4, -0.2) is 16.5 Å². The predicted octanol–water partition coefficient (Wildman–Crippen LogP) is 6.71. The number of aromatic nitrogens is 2. The van der Waals surface area contributed by atoms with Crippen molar-refractivity contribution in [2.24, 2.45) is 0 Å². The van der Waals surface area contributed by atoms with Gasteiger partial charge < -0.3 is 9.64 Å². The van der Waals surface area contributed by atoms with E-state index in [2.05, 4.69) is 14.9 Å². The number of anilines is 1. The van der Waals surface area contributed by atoms with Gasteiger partial charge in [0.2, 0.25) is 0 Å². The number of ether oxygens (including phenoxy) is 1. The van der Waals surface area contributed by atoms with Gasteiger partial charge in [-0.3, -0.25) is 4.98 Å². The molecule has 2 aromatic carbocycles. The summed E-state index contributed by atoms with van der Waals surface area (Å²) in [6.45, 7) is 0.766. The molecule has 0 spiro atoms. The van der Waals surface area contributed by atoms with Gasteiger partial charge in [0.25, 0.3) is 0 Å². The van der Waals surface area contributed by atoms with Crippen LogP contribution < -0.4 is 9.64 Å². The lowest BCUT2D eigenvalue weighted by molar-refractivity contribution is 0.466. The van der Waals surface area contributed by atoms with Crippen LogP contribution in [0.3, 0.4) is 0 Å². The quantitative estimate of drug-likeness (QED) is 0.454. The Hall–Kier alpha value is -2.08. The highest BCUT2D eigenvalue weighted by molar-refractivity contribution is 6.42. The van der Waals surface area contributed by atoms with Crippen LogP contribution >= 0.6 is 34.8 Å². The topological polar surface area (TPSA) is 38.2 Å². The molecule has 1 aliphatic rings. The van der Waals surface area contributed by atoms with Crippen LogP contribution in [0.5, 0.6) is 11.5 Å². The molecule has 28 heavy (non-hydrogen) atoms. The summed E-state index contributed by atoms with van der Waals surface area (Å²) in [5.41, 5.74) is 0.727. The Bertz CT molecular complexity index is 1020. The predicted molar refractivity (Wildman–Crippen MR) is 109 cm³/mol. The molecule has 4 rings (SSSR count). The van der Waals surface area contributed by atoms with Crippen LogP contribution in [0.1, 0.15) is 24.4 Å². The molecule has 1 saturated heterocycles. The summed E-state index contributed by atoms with van der Waals surface area (Å²) in [7, 11) is 0. The zero-order valence-electron chi connectivity index (χ0n) is 14.6. The Labute approximate surface area is 176 Å². The second kappa shape index (κ2) is 8.11. The van der Waals surface area contributed by atoms with Crippen molar-refractivity contribution in [1.82, 2.24) is 9.97 Å². The first kappa shape index (κ1) is 19.2. The standard InChI is InChI=1S/C20H15Cl3FN3O/c21-15-5-4-13(9-16(15)22)28-18-6-3-12(24)8-14(18)17-2-1-7-27(17)20-11-25-10-19(23)26-20/h3-6,8-11,17H,1-2,7H2. The van der Waals surface area contributed by atoms with Crippen molar-refractivity contribution in [3.63, 3.8) is 0 Å². The zero-order valence-corrected chi connectivity index (χ0v) is 16.8. The molecule has 3 aromatic rings. The SMILES string of the molecule is Fc1ccc(Oc2ccc(Cl)c(Cl)c2)c(C2CCCN2c2cncc(Cl)n2)c1. The Balaban J connectivity index is 1.70. The Kier molecular flexibility index (Phi) is 5.58. The first-order valence-corrected chi connectivity index (χ1v) is 9.81. The summed E-state index contributed by atoms with van der Waals surface area (Å²) >= 11 is 18.1. The second-order valence-electron chi connectivity index (χ2n) is 6.41. The molecule has 0 aliphatic carbocycles. The number of hydrogen-bond donors (Lipinski definition) is 0. The number of hydrogen-bond acceptors (Lipinski definition) is 4. The number of halogens is 4. The van der Waals surface area contributed by atoms with E-state index in [-0.39, 0.29) is 11.9 Å². The molecule has 0 saturated carbocycles. The van der Waals surface area contributed by atoms with Crippen LogP contribution in [0.25, 0.3) is 0 Å². The fraction of sp³-hybridized carbons (Fsp3) is 0.200. The molecule has 0 N–H and O–H groups in total. The molecule has 2 heterocycles. The van der Waals surface area contributed by atoms with E-state index in [4.69, 9.17) is 39.5 Å². The van der Waals surface area contributed by atoms with Crippen LogP contribution in [0.4, 0.5) is 10.2 Å². The molecule has 144 valence electrons. The summed E-state index contributed by atoms with van der Waals surface area (Å²) in [5.74, 6) is 1.39. The van der Waals surface area contributed by atoms with Crippen molar-refractivity contribution in [1.29, 1.82) is 0 Å². The smallest absolute Gasteiger partial charge is 0.149 e. The fourth-order valence-corrected chi connectivity index (χ4v) is 3.81. The van der Waals surface area contributed by atoms with Gasteiger partial charge >= 0.3 is 0 Å². The lowest BCUT2D eigenvalue weighted by atomic mass is 10.0. The number of rotatable bonds is 4. The molecule has 0 amide bonds. The third-order valence-corrected chi connectivity index (χ3v) is 5.51. The second-order valence-corrected chi connectivity index (χ2v) is 7.61. The normalized spacial score (nSPS) is 16.4. The summed E-state index contributed by atoms with van der Waals surface area (Å²) in [6.07, 6.45) is 4.90. The average Bonchev–Trinajstić information content (AvgIpc) is 3.16. The van der Waals surface area contributed by atoms with Gasteiger partial charge in [-0.15, -0.1) is 0 Å². The van der Waals surface area contributed by atoms with Crippen molar-refractivity contribution < 1.29 is 9.13 Å². The molecule has 1 aliphatic heterocycles. The van der Waals surface area contributed by atoms with E-state index in [0.717, 1.165) is 24.9 Å². The molecule has 8 heteroatoms. The van der Waals surface area contributed by atoms with Gasteiger partial charge in [0.05, 0.1) is 28.5 Å². The van der Waals surface area contributed by atoms with Crippen LogP contribution in [0.2, 0.25) is 15.2 Å². The molecular formula is C20H15Cl3FN3O. The minimum atomic E-state index is -0.333. The molecule has 1 fully saturated rings. The zero-order chi connectivity index (χ0) is 19.7. The minimum absolute atomic E-state index is 0.110. The molecule has 4 nitrogen and oxygen atoms in total. The highest BCUT2D eigenvalue weighted by Crippen LogP contribution is 2.41.